The van der Waals surface area contributed by atoms with E-state index in [0.29, 0.717) is 0 Å². The molecule has 0 saturated carbocycles. The Kier molecular flexibility index (Phi) is 6.92. The highest BCUT2D eigenvalue weighted by Crippen LogP contribution is 2.37. The Hall–Kier alpha value is -5.93. The van der Waals surface area contributed by atoms with Gasteiger partial charge in [-0.2, -0.15) is 0 Å². The van der Waals surface area contributed by atoms with Gasteiger partial charge in [0.1, 0.15) is 5.82 Å². The van der Waals surface area contributed by atoms with Gasteiger partial charge in [0, 0.05) is 27.7 Å². The molecule has 6 aromatic carbocycles. The maximum Gasteiger partial charge on any atom is 0.145 e. The third-order valence-electron chi connectivity index (χ3n) is 8.79. The van der Waals surface area contributed by atoms with E-state index in [1.165, 1.54) is 27.4 Å². The van der Waals surface area contributed by atoms with Crippen LogP contribution in [0.25, 0.3) is 77.9 Å². The summed E-state index contributed by atoms with van der Waals surface area (Å²) in [4.78, 5) is 5.19. The van der Waals surface area contributed by atoms with Crippen LogP contribution in [-0.2, 0) is 0 Å². The van der Waals surface area contributed by atoms with Crippen LogP contribution in [0, 0.1) is 0 Å². The molecule has 3 heteroatoms. The fourth-order valence-corrected chi connectivity index (χ4v) is 6.68. The van der Waals surface area contributed by atoms with Gasteiger partial charge in [-0.25, -0.2) is 4.98 Å². The Morgan fingerprint density at radius 1 is 0.522 bits per heavy atom. The van der Waals surface area contributed by atoms with Crippen molar-refractivity contribution in [3.8, 4) is 39.3 Å². The zero-order chi connectivity index (χ0) is 31.0. The Labute approximate surface area is 269 Å². The second-order valence-corrected chi connectivity index (χ2v) is 11.6. The quantitative estimate of drug-likeness (QED) is 0.176. The largest absolute Gasteiger partial charge is 0.309 e. The Bertz CT molecular complexity index is 2370. The summed E-state index contributed by atoms with van der Waals surface area (Å²) in [5, 5.41) is 2.53. The summed E-state index contributed by atoms with van der Waals surface area (Å²) in [6.45, 7) is 4.14. The topological polar surface area (TPSA) is 22.8 Å². The second kappa shape index (κ2) is 11.5. The summed E-state index contributed by atoms with van der Waals surface area (Å²) in [7, 11) is 0. The van der Waals surface area contributed by atoms with E-state index in [4.69, 9.17) is 4.98 Å². The van der Waals surface area contributed by atoms with Gasteiger partial charge in [0.05, 0.1) is 22.1 Å². The minimum Gasteiger partial charge on any atom is -0.309 e. The lowest BCUT2D eigenvalue weighted by atomic mass is 9.95. The third kappa shape index (κ3) is 4.65. The summed E-state index contributed by atoms with van der Waals surface area (Å²) in [5.74, 6) is 0.924. The number of rotatable bonds is 6. The van der Waals surface area contributed by atoms with E-state index in [1.54, 1.807) is 0 Å². The lowest BCUT2D eigenvalue weighted by Crippen LogP contribution is -1.99. The normalized spacial score (nSPS) is 12.2. The van der Waals surface area contributed by atoms with Gasteiger partial charge in [0.15, 0.2) is 0 Å². The van der Waals surface area contributed by atoms with Crippen LogP contribution in [0.2, 0.25) is 0 Å². The minimum absolute atomic E-state index is 0.924. The predicted octanol–water partition coefficient (Wildman–Crippen LogP) is 11.6. The first-order valence-corrected chi connectivity index (χ1v) is 15.8. The number of hydrogen-bond donors (Lipinski definition) is 0. The number of aromatic nitrogens is 3. The van der Waals surface area contributed by atoms with Gasteiger partial charge in [-0.3, -0.25) is 4.57 Å². The number of allylic oxidation sites excluding steroid dienone is 4. The predicted molar refractivity (Wildman–Crippen MR) is 195 cm³/mol. The highest BCUT2D eigenvalue weighted by molar-refractivity contribution is 6.09. The van der Waals surface area contributed by atoms with Gasteiger partial charge >= 0.3 is 0 Å². The first-order valence-electron chi connectivity index (χ1n) is 15.8. The van der Waals surface area contributed by atoms with Crippen molar-refractivity contribution >= 4 is 38.5 Å². The highest BCUT2D eigenvalue weighted by Gasteiger charge is 2.17. The molecule has 2 aromatic heterocycles. The molecule has 0 amide bonds. The lowest BCUT2D eigenvalue weighted by molar-refractivity contribution is 1.14. The van der Waals surface area contributed by atoms with E-state index in [1.807, 2.05) is 0 Å². The molecule has 0 aliphatic carbocycles. The molecule has 2 heterocycles. The van der Waals surface area contributed by atoms with Crippen molar-refractivity contribution in [2.45, 2.75) is 13.8 Å². The molecular formula is C43H33N3. The number of imidazole rings is 1. The zero-order valence-corrected chi connectivity index (χ0v) is 25.9. The van der Waals surface area contributed by atoms with Gasteiger partial charge in [0.2, 0.25) is 0 Å². The van der Waals surface area contributed by atoms with E-state index in [9.17, 15) is 0 Å². The van der Waals surface area contributed by atoms with Crippen molar-refractivity contribution in [3.63, 3.8) is 0 Å². The molecule has 0 spiro atoms. The minimum atomic E-state index is 0.924. The molecule has 0 bridgehead atoms. The van der Waals surface area contributed by atoms with E-state index >= 15 is 0 Å². The summed E-state index contributed by atoms with van der Waals surface area (Å²) in [6, 6.07) is 52.1. The van der Waals surface area contributed by atoms with Crippen molar-refractivity contribution in [2.24, 2.45) is 0 Å². The van der Waals surface area contributed by atoms with Crippen LogP contribution in [-0.4, -0.2) is 14.1 Å². The smallest absolute Gasteiger partial charge is 0.145 e. The maximum absolute atomic E-state index is 5.19. The average molecular weight is 592 g/mol. The third-order valence-corrected chi connectivity index (χ3v) is 8.79. The molecule has 46 heavy (non-hydrogen) atoms. The first kappa shape index (κ1) is 27.6. The molecular weight excluding hydrogens is 558 g/mol. The van der Waals surface area contributed by atoms with Crippen molar-refractivity contribution in [3.05, 3.63) is 164 Å². The maximum atomic E-state index is 5.19. The lowest BCUT2D eigenvalue weighted by Gasteiger charge is -2.14. The SMILES string of the molecule is CC=CC(=CC)n1c(-c2cc(-c3ccccc3)cc(-c3ccc(-n4c5ccccc5c5ccccc54)cc3)c2)nc2ccccc21. The van der Waals surface area contributed by atoms with E-state index < -0.39 is 0 Å². The standard InChI is InChI=1S/C43H33N3/c1-3-14-35(4-2)46-42-22-13-10-19-39(42)44-43(46)34-28-32(30-15-6-5-7-16-30)27-33(29-34)31-23-25-36(26-24-31)45-40-20-11-8-17-37(40)38-18-9-12-21-41(38)45/h3-29H,1-2H3. The van der Waals surface area contributed by atoms with Gasteiger partial charge < -0.3 is 4.57 Å². The molecule has 0 aliphatic rings. The van der Waals surface area contributed by atoms with Crippen LogP contribution < -0.4 is 0 Å². The van der Waals surface area contributed by atoms with Gasteiger partial charge in [0.25, 0.3) is 0 Å². The van der Waals surface area contributed by atoms with Crippen molar-refractivity contribution in [1.29, 1.82) is 0 Å². The van der Waals surface area contributed by atoms with E-state index in [-0.39, 0.29) is 0 Å². The molecule has 0 N–H and O–H groups in total. The summed E-state index contributed by atoms with van der Waals surface area (Å²) >= 11 is 0. The van der Waals surface area contributed by atoms with E-state index in [2.05, 4.69) is 187 Å². The van der Waals surface area contributed by atoms with Crippen LogP contribution in [0.15, 0.2) is 164 Å². The summed E-state index contributed by atoms with van der Waals surface area (Å²) in [6.07, 6.45) is 6.37. The molecule has 0 saturated heterocycles. The molecule has 0 unspecified atom stereocenters. The second-order valence-electron chi connectivity index (χ2n) is 11.6. The average Bonchev–Trinajstić information content (AvgIpc) is 3.67. The van der Waals surface area contributed by atoms with Crippen LogP contribution in [0.4, 0.5) is 0 Å². The molecule has 220 valence electrons. The summed E-state index contributed by atoms with van der Waals surface area (Å²) < 4.78 is 4.64. The number of benzene rings is 6. The summed E-state index contributed by atoms with van der Waals surface area (Å²) in [5.41, 5.74) is 12.4. The molecule has 0 fully saturated rings. The van der Waals surface area contributed by atoms with Crippen molar-refractivity contribution in [2.75, 3.05) is 0 Å². The first-order chi connectivity index (χ1) is 22.7. The van der Waals surface area contributed by atoms with Crippen molar-refractivity contribution < 1.29 is 0 Å². The Balaban J connectivity index is 1.31. The van der Waals surface area contributed by atoms with Crippen molar-refractivity contribution in [1.82, 2.24) is 14.1 Å². The van der Waals surface area contributed by atoms with Crippen LogP contribution in [0.5, 0.6) is 0 Å². The zero-order valence-electron chi connectivity index (χ0n) is 25.9. The Morgan fingerprint density at radius 3 is 1.70 bits per heavy atom. The van der Waals surface area contributed by atoms with Crippen LogP contribution >= 0.6 is 0 Å². The van der Waals surface area contributed by atoms with Gasteiger partial charge in [-0.05, 0) is 96.8 Å². The fraction of sp³-hybridized carbons (Fsp3) is 0.0465. The monoisotopic (exact) mass is 591 g/mol. The highest BCUT2D eigenvalue weighted by atomic mass is 15.1. The van der Waals surface area contributed by atoms with Gasteiger partial charge in [-0.15, -0.1) is 0 Å². The number of fused-ring (bicyclic) bond motifs is 4. The molecule has 8 rings (SSSR count). The number of hydrogen-bond acceptors (Lipinski definition) is 1. The van der Waals surface area contributed by atoms with Crippen LogP contribution in [0.3, 0.4) is 0 Å². The molecule has 8 aromatic rings. The van der Waals surface area contributed by atoms with Crippen LogP contribution in [0.1, 0.15) is 13.8 Å². The molecule has 0 atom stereocenters. The molecule has 3 nitrogen and oxygen atoms in total. The molecule has 0 radical (unpaired) electrons. The number of nitrogens with zero attached hydrogens (tertiary/aromatic N) is 3. The van der Waals surface area contributed by atoms with E-state index in [0.717, 1.165) is 50.5 Å². The molecule has 0 aliphatic heterocycles. The fourth-order valence-electron chi connectivity index (χ4n) is 6.68. The Morgan fingerprint density at radius 2 is 1.07 bits per heavy atom. The number of para-hydroxylation sites is 4. The van der Waals surface area contributed by atoms with Gasteiger partial charge in [-0.1, -0.05) is 103 Å².